The minimum atomic E-state index is -0.349. The number of carbonyl (C=O) groups excluding carboxylic acids is 1. The average Bonchev–Trinajstić information content (AvgIpc) is 3.37. The van der Waals surface area contributed by atoms with Gasteiger partial charge in [-0.3, -0.25) is 23.6 Å². The third-order valence-corrected chi connectivity index (χ3v) is 7.63. The molecule has 0 aromatic carbocycles. The van der Waals surface area contributed by atoms with E-state index in [1.807, 2.05) is 30.8 Å². The Morgan fingerprint density at radius 2 is 2.06 bits per heavy atom. The largest absolute Gasteiger partial charge is 0.351 e. The molecule has 1 N–H and O–H groups in total. The molecule has 1 fully saturated rings. The summed E-state index contributed by atoms with van der Waals surface area (Å²) < 4.78 is 5.26. The fourth-order valence-electron chi connectivity index (χ4n) is 5.39. The molecule has 186 valence electrons. The first-order valence-electron chi connectivity index (χ1n) is 12.5. The summed E-state index contributed by atoms with van der Waals surface area (Å²) in [4.78, 5) is 31.0. The van der Waals surface area contributed by atoms with Crippen LogP contribution in [0.2, 0.25) is 0 Å². The molecule has 1 aliphatic carbocycles. The zero-order valence-corrected chi connectivity index (χ0v) is 21.7. The maximum Gasteiger partial charge on any atom is 0.330 e. The Kier molecular flexibility index (Phi) is 6.38. The van der Waals surface area contributed by atoms with Crippen molar-refractivity contribution in [1.29, 1.82) is 0 Å². The smallest absolute Gasteiger partial charge is 0.330 e. The lowest BCUT2D eigenvalue weighted by Gasteiger charge is -2.44. The van der Waals surface area contributed by atoms with E-state index in [1.54, 1.807) is 15.4 Å². The molecule has 4 unspecified atom stereocenters. The van der Waals surface area contributed by atoms with Gasteiger partial charge in [-0.15, -0.1) is 0 Å². The number of hydrogen-bond donors (Lipinski definition) is 1. The van der Waals surface area contributed by atoms with Crippen molar-refractivity contribution in [3.05, 3.63) is 39.8 Å². The molecule has 4 atom stereocenters. The molecule has 2 aromatic rings. The van der Waals surface area contributed by atoms with Gasteiger partial charge < -0.3 is 5.32 Å². The standard InChI is InChI=1S/C26H40N6O2/c1-17(32-14-8-13-27-32)23(33)29-21-15-18(11-12-26(21,5)6)19-9-10-20-22(28-19)30(7)24(34)31(20)16-25(2,3)4/h8,10,13-14,17-19,21H,9,11-12,15-16H2,1-7H3,(H,29,33). The SMILES string of the molecule is CC(C(=O)NC1CC(C2CC=c3c(n(C)c(=O)n3CC(C)(C)C)=N2)CCC1(C)C)n1cccn1. The zero-order valence-electron chi connectivity index (χ0n) is 21.7. The number of aromatic nitrogens is 4. The summed E-state index contributed by atoms with van der Waals surface area (Å²) in [6.07, 6.45) is 9.54. The van der Waals surface area contributed by atoms with E-state index in [9.17, 15) is 9.59 Å². The van der Waals surface area contributed by atoms with Gasteiger partial charge in [0.2, 0.25) is 5.91 Å². The highest BCUT2D eigenvalue weighted by atomic mass is 16.2. The van der Waals surface area contributed by atoms with Crippen molar-refractivity contribution in [2.45, 2.75) is 91.9 Å². The predicted octanol–water partition coefficient (Wildman–Crippen LogP) is 2.17. The summed E-state index contributed by atoms with van der Waals surface area (Å²) >= 11 is 0. The molecular weight excluding hydrogens is 428 g/mol. The fourth-order valence-corrected chi connectivity index (χ4v) is 5.39. The van der Waals surface area contributed by atoms with Gasteiger partial charge in [-0.25, -0.2) is 4.79 Å². The van der Waals surface area contributed by atoms with E-state index < -0.39 is 0 Å². The van der Waals surface area contributed by atoms with Gasteiger partial charge in [-0.2, -0.15) is 5.10 Å². The number of carbonyl (C=O) groups is 1. The Balaban J connectivity index is 1.55. The summed E-state index contributed by atoms with van der Waals surface area (Å²) in [5, 5.41) is 8.50. The van der Waals surface area contributed by atoms with Crippen molar-refractivity contribution in [1.82, 2.24) is 24.2 Å². The highest BCUT2D eigenvalue weighted by molar-refractivity contribution is 5.80. The van der Waals surface area contributed by atoms with Crippen molar-refractivity contribution in [3.8, 4) is 0 Å². The Bertz CT molecular complexity index is 1210. The van der Waals surface area contributed by atoms with Gasteiger partial charge in [0.1, 0.15) is 6.04 Å². The van der Waals surface area contributed by atoms with Gasteiger partial charge in [0.05, 0.1) is 11.4 Å². The van der Waals surface area contributed by atoms with Gasteiger partial charge in [-0.1, -0.05) is 40.7 Å². The van der Waals surface area contributed by atoms with E-state index in [4.69, 9.17) is 4.99 Å². The second kappa shape index (κ2) is 8.86. The zero-order chi connectivity index (χ0) is 24.8. The van der Waals surface area contributed by atoms with E-state index >= 15 is 0 Å². The normalized spacial score (nSPS) is 25.1. The summed E-state index contributed by atoms with van der Waals surface area (Å²) in [6.45, 7) is 13.5. The Morgan fingerprint density at radius 1 is 1.32 bits per heavy atom. The lowest BCUT2D eigenvalue weighted by Crippen LogP contribution is -2.52. The first-order chi connectivity index (χ1) is 15.9. The van der Waals surface area contributed by atoms with Crippen LogP contribution < -0.4 is 21.8 Å². The third-order valence-electron chi connectivity index (χ3n) is 7.63. The molecular formula is C26H40N6O2. The van der Waals surface area contributed by atoms with E-state index in [1.165, 1.54) is 0 Å². The van der Waals surface area contributed by atoms with Crippen LogP contribution in [0.4, 0.5) is 0 Å². The molecule has 8 nitrogen and oxygen atoms in total. The Morgan fingerprint density at radius 3 is 2.71 bits per heavy atom. The van der Waals surface area contributed by atoms with Crippen LogP contribution in [-0.2, 0) is 18.4 Å². The van der Waals surface area contributed by atoms with Gasteiger partial charge >= 0.3 is 5.69 Å². The number of rotatable bonds is 5. The van der Waals surface area contributed by atoms with Crippen molar-refractivity contribution < 1.29 is 4.79 Å². The lowest BCUT2D eigenvalue weighted by molar-refractivity contribution is -0.126. The van der Waals surface area contributed by atoms with Gasteiger partial charge in [0, 0.05) is 32.0 Å². The molecule has 2 aromatic heterocycles. The molecule has 0 saturated heterocycles. The molecule has 2 aliphatic rings. The van der Waals surface area contributed by atoms with Gasteiger partial charge in [-0.05, 0) is 55.4 Å². The van der Waals surface area contributed by atoms with E-state index in [0.29, 0.717) is 12.5 Å². The second-order valence-electron chi connectivity index (χ2n) is 12.1. The minimum Gasteiger partial charge on any atom is -0.351 e. The highest BCUT2D eigenvalue weighted by Gasteiger charge is 2.40. The lowest BCUT2D eigenvalue weighted by atomic mass is 9.67. The molecule has 0 spiro atoms. The molecule has 1 saturated carbocycles. The molecule has 4 rings (SSSR count). The van der Waals surface area contributed by atoms with Crippen molar-refractivity contribution >= 4 is 12.0 Å². The number of nitrogens with one attached hydrogen (secondary N) is 1. The van der Waals surface area contributed by atoms with Crippen molar-refractivity contribution in [2.24, 2.45) is 28.8 Å². The van der Waals surface area contributed by atoms with Crippen LogP contribution in [0.1, 0.15) is 73.3 Å². The maximum atomic E-state index is 13.0. The Labute approximate surface area is 201 Å². The molecule has 0 bridgehead atoms. The number of fused-ring (bicyclic) bond motifs is 1. The summed E-state index contributed by atoms with van der Waals surface area (Å²) in [6, 6.07) is 1.69. The van der Waals surface area contributed by atoms with Crippen LogP contribution in [0.3, 0.4) is 0 Å². The summed E-state index contributed by atoms with van der Waals surface area (Å²) in [5.74, 6) is 0.363. The van der Waals surface area contributed by atoms with Crippen molar-refractivity contribution in [3.63, 3.8) is 0 Å². The number of amides is 1. The topological polar surface area (TPSA) is 86.2 Å². The Hall–Kier alpha value is -2.64. The minimum absolute atomic E-state index is 0.00138. The third kappa shape index (κ3) is 4.77. The van der Waals surface area contributed by atoms with E-state index in [-0.39, 0.29) is 40.6 Å². The van der Waals surface area contributed by atoms with E-state index in [0.717, 1.165) is 36.5 Å². The fraction of sp³-hybridized carbons (Fsp3) is 0.692. The second-order valence-corrected chi connectivity index (χ2v) is 12.1. The van der Waals surface area contributed by atoms with Crippen LogP contribution in [0.25, 0.3) is 6.08 Å². The predicted molar refractivity (Wildman–Crippen MR) is 133 cm³/mol. The van der Waals surface area contributed by atoms with Gasteiger partial charge in [0.25, 0.3) is 0 Å². The van der Waals surface area contributed by atoms with E-state index in [2.05, 4.69) is 51.1 Å². The number of imidazole rings is 1. The molecule has 1 aliphatic heterocycles. The van der Waals surface area contributed by atoms with Crippen LogP contribution in [0, 0.1) is 16.7 Å². The number of hydrogen-bond acceptors (Lipinski definition) is 4. The van der Waals surface area contributed by atoms with Crippen LogP contribution in [0.5, 0.6) is 0 Å². The number of nitrogens with zero attached hydrogens (tertiary/aromatic N) is 5. The quantitative estimate of drug-likeness (QED) is 0.730. The molecule has 0 radical (unpaired) electrons. The molecule has 34 heavy (non-hydrogen) atoms. The summed E-state index contributed by atoms with van der Waals surface area (Å²) in [7, 11) is 1.82. The van der Waals surface area contributed by atoms with Crippen molar-refractivity contribution in [2.75, 3.05) is 0 Å². The van der Waals surface area contributed by atoms with Crippen LogP contribution in [0.15, 0.2) is 28.2 Å². The highest BCUT2D eigenvalue weighted by Crippen LogP contribution is 2.41. The van der Waals surface area contributed by atoms with Crippen LogP contribution in [-0.4, -0.2) is 36.9 Å². The first-order valence-corrected chi connectivity index (χ1v) is 12.5. The molecule has 3 heterocycles. The monoisotopic (exact) mass is 468 g/mol. The molecule has 8 heteroatoms. The van der Waals surface area contributed by atoms with Gasteiger partial charge in [0.15, 0.2) is 5.49 Å². The van der Waals surface area contributed by atoms with Crippen LogP contribution >= 0.6 is 0 Å². The average molecular weight is 469 g/mol. The summed E-state index contributed by atoms with van der Waals surface area (Å²) in [5.41, 5.74) is 0.825. The maximum absolute atomic E-state index is 13.0. The molecule has 1 amide bonds. The first kappa shape index (κ1) is 24.5.